The van der Waals surface area contributed by atoms with Crippen LogP contribution in [0.4, 0.5) is 8.78 Å². The maximum atomic E-state index is 13.1. The molecule has 0 bridgehead atoms. The molecule has 1 aromatic heterocycles. The molecule has 0 aliphatic heterocycles. The summed E-state index contributed by atoms with van der Waals surface area (Å²) in [6.07, 6.45) is 0. The van der Waals surface area contributed by atoms with Crippen LogP contribution in [0.5, 0.6) is 5.75 Å². The predicted octanol–water partition coefficient (Wildman–Crippen LogP) is 4.36. The van der Waals surface area contributed by atoms with Crippen LogP contribution in [0, 0.1) is 11.6 Å². The fraction of sp³-hybridized carbons (Fsp3) is 0.167. The van der Waals surface area contributed by atoms with Crippen LogP contribution >= 0.6 is 22.9 Å². The first-order valence-electron chi connectivity index (χ1n) is 4.84. The van der Waals surface area contributed by atoms with Gasteiger partial charge in [0.1, 0.15) is 5.75 Å². The van der Waals surface area contributed by atoms with Gasteiger partial charge in [0.15, 0.2) is 11.6 Å². The number of benzene rings is 1. The lowest BCUT2D eigenvalue weighted by Gasteiger charge is -2.10. The minimum atomic E-state index is -0.899. The number of hydrogen-bond acceptors (Lipinski definition) is 2. The summed E-state index contributed by atoms with van der Waals surface area (Å²) >= 11 is 7.64. The van der Waals surface area contributed by atoms with Crippen molar-refractivity contribution < 1.29 is 13.5 Å². The second-order valence-corrected chi connectivity index (χ2v) is 4.77. The van der Waals surface area contributed by atoms with E-state index in [2.05, 4.69) is 0 Å². The van der Waals surface area contributed by atoms with Crippen molar-refractivity contribution in [3.8, 4) is 5.75 Å². The van der Waals surface area contributed by atoms with Crippen molar-refractivity contribution in [3.63, 3.8) is 0 Å². The highest BCUT2D eigenvalue weighted by atomic mass is 35.5. The summed E-state index contributed by atoms with van der Waals surface area (Å²) in [5.41, 5.74) is 0.506. The Morgan fingerprint density at radius 2 is 2.00 bits per heavy atom. The van der Waals surface area contributed by atoms with Gasteiger partial charge in [0.05, 0.1) is 17.4 Å². The SMILES string of the molecule is COc1ccsc1C(Cl)c1ccc(F)c(F)c1. The summed E-state index contributed by atoms with van der Waals surface area (Å²) in [5.74, 6) is -1.13. The average Bonchev–Trinajstić information content (AvgIpc) is 2.80. The zero-order valence-corrected chi connectivity index (χ0v) is 10.5. The van der Waals surface area contributed by atoms with Gasteiger partial charge in [-0.05, 0) is 29.1 Å². The van der Waals surface area contributed by atoms with Crippen molar-refractivity contribution >= 4 is 22.9 Å². The van der Waals surface area contributed by atoms with Crippen LogP contribution in [0.2, 0.25) is 0 Å². The summed E-state index contributed by atoms with van der Waals surface area (Å²) in [4.78, 5) is 0.778. The lowest BCUT2D eigenvalue weighted by molar-refractivity contribution is 0.412. The molecule has 0 saturated carbocycles. The molecule has 1 unspecified atom stereocenters. The van der Waals surface area contributed by atoms with Crippen LogP contribution in [0.15, 0.2) is 29.6 Å². The fourth-order valence-corrected chi connectivity index (χ4v) is 2.74. The molecular formula is C12H9ClF2OS. The van der Waals surface area contributed by atoms with Gasteiger partial charge in [-0.1, -0.05) is 6.07 Å². The Bertz CT molecular complexity index is 527. The second kappa shape index (κ2) is 5.02. The maximum absolute atomic E-state index is 13.1. The van der Waals surface area contributed by atoms with E-state index in [1.165, 1.54) is 17.4 Å². The van der Waals surface area contributed by atoms with Gasteiger partial charge in [-0.25, -0.2) is 8.78 Å². The van der Waals surface area contributed by atoms with Crippen LogP contribution < -0.4 is 4.74 Å². The molecule has 17 heavy (non-hydrogen) atoms. The first kappa shape index (κ1) is 12.3. The Hall–Kier alpha value is -1.13. The second-order valence-electron chi connectivity index (χ2n) is 3.39. The monoisotopic (exact) mass is 274 g/mol. The van der Waals surface area contributed by atoms with Crippen molar-refractivity contribution in [2.45, 2.75) is 5.38 Å². The van der Waals surface area contributed by atoms with Crippen molar-refractivity contribution in [2.24, 2.45) is 0 Å². The van der Waals surface area contributed by atoms with Crippen LogP contribution in [0.25, 0.3) is 0 Å². The summed E-state index contributed by atoms with van der Waals surface area (Å²) in [5, 5.41) is 1.30. The molecule has 0 spiro atoms. The Balaban J connectivity index is 2.36. The number of alkyl halides is 1. The average molecular weight is 275 g/mol. The van der Waals surface area contributed by atoms with E-state index in [1.54, 1.807) is 13.2 Å². The number of methoxy groups -OCH3 is 1. The van der Waals surface area contributed by atoms with Gasteiger partial charge in [0.25, 0.3) is 0 Å². The van der Waals surface area contributed by atoms with Crippen molar-refractivity contribution in [3.05, 3.63) is 51.7 Å². The topological polar surface area (TPSA) is 9.23 Å². The molecule has 2 rings (SSSR count). The van der Waals surface area contributed by atoms with Gasteiger partial charge in [0, 0.05) is 0 Å². The molecule has 0 amide bonds. The number of thiophene rings is 1. The number of rotatable bonds is 3. The third-order valence-electron chi connectivity index (χ3n) is 2.34. The summed E-state index contributed by atoms with van der Waals surface area (Å²) < 4.78 is 31.1. The molecule has 1 aromatic carbocycles. The third kappa shape index (κ3) is 2.42. The van der Waals surface area contributed by atoms with Crippen LogP contribution in [-0.2, 0) is 0 Å². The summed E-state index contributed by atoms with van der Waals surface area (Å²) in [6, 6.07) is 5.43. The molecule has 0 aliphatic rings. The van der Waals surface area contributed by atoms with E-state index >= 15 is 0 Å². The third-order valence-corrected chi connectivity index (χ3v) is 3.91. The molecular weight excluding hydrogens is 266 g/mol. The summed E-state index contributed by atoms with van der Waals surface area (Å²) in [6.45, 7) is 0. The van der Waals surface area contributed by atoms with E-state index in [1.807, 2.05) is 5.38 Å². The lowest BCUT2D eigenvalue weighted by Crippen LogP contribution is -1.95. The standard InChI is InChI=1S/C12H9ClF2OS/c1-16-10-4-5-17-12(10)11(13)7-2-3-8(14)9(15)6-7/h2-6,11H,1H3. The smallest absolute Gasteiger partial charge is 0.159 e. The molecule has 0 aliphatic carbocycles. The molecule has 0 N–H and O–H groups in total. The predicted molar refractivity (Wildman–Crippen MR) is 64.9 cm³/mol. The maximum Gasteiger partial charge on any atom is 0.159 e. The van der Waals surface area contributed by atoms with E-state index in [4.69, 9.17) is 16.3 Å². The number of halogens is 3. The van der Waals surface area contributed by atoms with Crippen molar-refractivity contribution in [1.29, 1.82) is 0 Å². The largest absolute Gasteiger partial charge is 0.496 e. The Morgan fingerprint density at radius 1 is 1.24 bits per heavy atom. The highest BCUT2D eigenvalue weighted by Gasteiger charge is 2.18. The molecule has 0 fully saturated rings. The van der Waals surface area contributed by atoms with Gasteiger partial charge in [-0.2, -0.15) is 0 Å². The van der Waals surface area contributed by atoms with E-state index in [0.717, 1.165) is 17.0 Å². The molecule has 1 atom stereocenters. The van der Waals surface area contributed by atoms with Crippen LogP contribution in [0.3, 0.4) is 0 Å². The minimum absolute atomic E-state index is 0.506. The number of hydrogen-bond donors (Lipinski definition) is 0. The van der Waals surface area contributed by atoms with Crippen LogP contribution in [0.1, 0.15) is 15.8 Å². The van der Waals surface area contributed by atoms with E-state index < -0.39 is 17.0 Å². The first-order chi connectivity index (χ1) is 8.13. The van der Waals surface area contributed by atoms with Crippen LogP contribution in [-0.4, -0.2) is 7.11 Å². The minimum Gasteiger partial charge on any atom is -0.496 e. The van der Waals surface area contributed by atoms with Gasteiger partial charge in [-0.15, -0.1) is 22.9 Å². The Labute approximate surface area is 107 Å². The first-order valence-corrected chi connectivity index (χ1v) is 6.15. The quantitative estimate of drug-likeness (QED) is 0.756. The number of ether oxygens (including phenoxy) is 1. The van der Waals surface area contributed by atoms with E-state index in [0.29, 0.717) is 11.3 Å². The molecule has 1 nitrogen and oxygen atoms in total. The summed E-state index contributed by atoms with van der Waals surface area (Å²) in [7, 11) is 1.54. The molecule has 1 heterocycles. The molecule has 90 valence electrons. The van der Waals surface area contributed by atoms with Crippen molar-refractivity contribution in [2.75, 3.05) is 7.11 Å². The van der Waals surface area contributed by atoms with E-state index in [9.17, 15) is 8.78 Å². The van der Waals surface area contributed by atoms with E-state index in [-0.39, 0.29) is 0 Å². The zero-order valence-electron chi connectivity index (χ0n) is 8.91. The van der Waals surface area contributed by atoms with Gasteiger partial charge in [-0.3, -0.25) is 0 Å². The van der Waals surface area contributed by atoms with Gasteiger partial charge >= 0.3 is 0 Å². The fourth-order valence-electron chi connectivity index (χ4n) is 1.48. The molecule has 2 aromatic rings. The zero-order chi connectivity index (χ0) is 12.4. The highest BCUT2D eigenvalue weighted by Crippen LogP contribution is 2.39. The molecule has 0 radical (unpaired) electrons. The van der Waals surface area contributed by atoms with Crippen molar-refractivity contribution in [1.82, 2.24) is 0 Å². The normalized spacial score (nSPS) is 12.5. The Morgan fingerprint density at radius 3 is 2.65 bits per heavy atom. The van der Waals surface area contributed by atoms with Gasteiger partial charge < -0.3 is 4.74 Å². The Kier molecular flexibility index (Phi) is 3.64. The highest BCUT2D eigenvalue weighted by molar-refractivity contribution is 7.10. The molecule has 5 heteroatoms. The molecule has 0 saturated heterocycles. The lowest BCUT2D eigenvalue weighted by atomic mass is 10.1. The van der Waals surface area contributed by atoms with Gasteiger partial charge in [0.2, 0.25) is 0 Å².